The van der Waals surface area contributed by atoms with Crippen LogP contribution in [0.25, 0.3) is 22.0 Å². The van der Waals surface area contributed by atoms with Gasteiger partial charge < -0.3 is 15.4 Å². The molecule has 0 unspecified atom stereocenters. The average molecular weight is 435 g/mol. The summed E-state index contributed by atoms with van der Waals surface area (Å²) in [6.07, 6.45) is 0.767. The molecule has 3 aromatic carbocycles. The second-order valence-corrected chi connectivity index (χ2v) is 8.50. The van der Waals surface area contributed by atoms with Crippen molar-refractivity contribution in [1.82, 2.24) is 4.98 Å². The van der Waals surface area contributed by atoms with Crippen LogP contribution in [0.4, 0.5) is 11.5 Å². The molecular formula is C28H26N4O. The largest absolute Gasteiger partial charge is 0.382 e. The van der Waals surface area contributed by atoms with E-state index in [9.17, 15) is 5.26 Å². The Hall–Kier alpha value is -3.88. The zero-order valence-corrected chi connectivity index (χ0v) is 18.7. The molecular weight excluding hydrogens is 408 g/mol. The third-order valence-corrected chi connectivity index (χ3v) is 6.27. The van der Waals surface area contributed by atoms with Crippen LogP contribution in [0.5, 0.6) is 0 Å². The number of nitrogens with two attached hydrogens (primary N) is 1. The number of anilines is 2. The zero-order chi connectivity index (χ0) is 22.8. The Morgan fingerprint density at radius 1 is 1.03 bits per heavy atom. The van der Waals surface area contributed by atoms with Gasteiger partial charge in [-0.2, -0.15) is 5.26 Å². The summed E-state index contributed by atoms with van der Waals surface area (Å²) in [6, 6.07) is 25.0. The molecule has 1 aliphatic heterocycles. The van der Waals surface area contributed by atoms with Crippen molar-refractivity contribution in [2.45, 2.75) is 13.3 Å². The van der Waals surface area contributed by atoms with Gasteiger partial charge in [0, 0.05) is 18.5 Å². The molecule has 1 aromatic heterocycles. The van der Waals surface area contributed by atoms with Crippen molar-refractivity contribution in [1.29, 1.82) is 5.26 Å². The maximum absolute atomic E-state index is 9.27. The van der Waals surface area contributed by atoms with E-state index in [4.69, 9.17) is 10.5 Å². The average Bonchev–Trinajstić information content (AvgIpc) is 2.84. The molecule has 1 fully saturated rings. The molecule has 0 radical (unpaired) electrons. The number of rotatable bonds is 4. The van der Waals surface area contributed by atoms with Crippen molar-refractivity contribution in [3.05, 3.63) is 89.0 Å². The number of pyridine rings is 1. The Morgan fingerprint density at radius 2 is 1.85 bits per heavy atom. The summed E-state index contributed by atoms with van der Waals surface area (Å²) in [5, 5.41) is 10.3. The van der Waals surface area contributed by atoms with E-state index in [1.807, 2.05) is 18.2 Å². The first kappa shape index (κ1) is 21.0. The number of fused-ring (bicyclic) bond motifs is 1. The topological polar surface area (TPSA) is 75.2 Å². The minimum absolute atomic E-state index is 0.561. The molecule has 1 aliphatic rings. The molecule has 5 rings (SSSR count). The van der Waals surface area contributed by atoms with E-state index in [1.54, 1.807) is 0 Å². The first-order valence-electron chi connectivity index (χ1n) is 11.2. The lowest BCUT2D eigenvalue weighted by molar-refractivity contribution is 0.123. The van der Waals surface area contributed by atoms with E-state index >= 15 is 0 Å². The van der Waals surface area contributed by atoms with Crippen LogP contribution in [-0.4, -0.2) is 31.3 Å². The number of nitrogens with zero attached hydrogens (tertiary/aromatic N) is 3. The maximum Gasteiger partial charge on any atom is 0.147 e. The third-order valence-electron chi connectivity index (χ3n) is 6.27. The molecule has 0 amide bonds. The summed E-state index contributed by atoms with van der Waals surface area (Å²) in [6.45, 7) is 5.20. The monoisotopic (exact) mass is 434 g/mol. The highest BCUT2D eigenvalue weighted by Gasteiger charge is 2.16. The standard InChI is InChI=1S/C28H26N4O/c1-19-4-2-7-22(15-20-5-3-6-21(14-20)18-29)27(19)23-8-9-25-24(16-23)17-26(28(30)31-25)32-10-12-33-13-11-32/h2-9,14,16-17H,10-13,15H2,1H3,(H2,30,31). The Balaban J connectivity index is 1.57. The number of morpholine rings is 1. The van der Waals surface area contributed by atoms with E-state index in [1.165, 1.54) is 16.7 Å². The van der Waals surface area contributed by atoms with Gasteiger partial charge in [-0.05, 0) is 71.5 Å². The van der Waals surface area contributed by atoms with Gasteiger partial charge in [-0.25, -0.2) is 4.98 Å². The molecule has 5 heteroatoms. The fourth-order valence-electron chi connectivity index (χ4n) is 4.65. The highest BCUT2D eigenvalue weighted by Crippen LogP contribution is 2.34. The minimum atomic E-state index is 0.561. The SMILES string of the molecule is Cc1cccc(Cc2cccc(C#N)c2)c1-c1ccc2nc(N)c(N3CCOCC3)cc2c1. The fraction of sp³-hybridized carbons (Fsp3) is 0.214. The number of ether oxygens (including phenoxy) is 1. The van der Waals surface area contributed by atoms with Crippen LogP contribution in [-0.2, 0) is 11.2 Å². The molecule has 0 saturated carbocycles. The van der Waals surface area contributed by atoms with Gasteiger partial charge in [0.2, 0.25) is 0 Å². The fourth-order valence-corrected chi connectivity index (χ4v) is 4.65. The Bertz CT molecular complexity index is 1370. The number of aromatic nitrogens is 1. The Labute approximate surface area is 194 Å². The molecule has 2 heterocycles. The summed E-state index contributed by atoms with van der Waals surface area (Å²) in [7, 11) is 0. The quantitative estimate of drug-likeness (QED) is 0.484. The van der Waals surface area contributed by atoms with Crippen LogP contribution in [0.2, 0.25) is 0 Å². The molecule has 2 N–H and O–H groups in total. The molecule has 0 spiro atoms. The van der Waals surface area contributed by atoms with Crippen LogP contribution in [0.15, 0.2) is 66.7 Å². The first-order valence-corrected chi connectivity index (χ1v) is 11.2. The summed E-state index contributed by atoms with van der Waals surface area (Å²) in [5.41, 5.74) is 14.8. The van der Waals surface area contributed by atoms with Gasteiger partial charge >= 0.3 is 0 Å². The summed E-state index contributed by atoms with van der Waals surface area (Å²) in [5.74, 6) is 0.561. The smallest absolute Gasteiger partial charge is 0.147 e. The van der Waals surface area contributed by atoms with Crippen LogP contribution in [0.3, 0.4) is 0 Å². The predicted octanol–water partition coefficient (Wildman–Crippen LogP) is 5.09. The van der Waals surface area contributed by atoms with Crippen molar-refractivity contribution in [3.8, 4) is 17.2 Å². The maximum atomic E-state index is 9.27. The van der Waals surface area contributed by atoms with Crippen molar-refractivity contribution in [2.24, 2.45) is 0 Å². The molecule has 4 aromatic rings. The van der Waals surface area contributed by atoms with Crippen molar-refractivity contribution in [3.63, 3.8) is 0 Å². The van der Waals surface area contributed by atoms with Gasteiger partial charge in [0.25, 0.3) is 0 Å². The van der Waals surface area contributed by atoms with Gasteiger partial charge in [0.15, 0.2) is 0 Å². The normalized spacial score (nSPS) is 13.8. The van der Waals surface area contributed by atoms with E-state index in [0.29, 0.717) is 24.6 Å². The van der Waals surface area contributed by atoms with Gasteiger partial charge in [-0.1, -0.05) is 36.4 Å². The number of aryl methyl sites for hydroxylation is 1. The molecule has 0 aliphatic carbocycles. The first-order chi connectivity index (χ1) is 16.1. The molecule has 1 saturated heterocycles. The lowest BCUT2D eigenvalue weighted by atomic mass is 9.90. The molecule has 0 atom stereocenters. The van der Waals surface area contributed by atoms with Gasteiger partial charge in [-0.15, -0.1) is 0 Å². The molecule has 5 nitrogen and oxygen atoms in total. The Morgan fingerprint density at radius 3 is 2.67 bits per heavy atom. The van der Waals surface area contributed by atoms with E-state index in [-0.39, 0.29) is 0 Å². The van der Waals surface area contributed by atoms with E-state index in [2.05, 4.69) is 71.4 Å². The van der Waals surface area contributed by atoms with Crippen LogP contribution in [0, 0.1) is 18.3 Å². The second-order valence-electron chi connectivity index (χ2n) is 8.50. The van der Waals surface area contributed by atoms with Crippen LogP contribution < -0.4 is 10.6 Å². The lowest BCUT2D eigenvalue weighted by Gasteiger charge is -2.29. The van der Waals surface area contributed by atoms with Crippen LogP contribution in [0.1, 0.15) is 22.3 Å². The molecule has 33 heavy (non-hydrogen) atoms. The third kappa shape index (κ3) is 4.26. The highest BCUT2D eigenvalue weighted by atomic mass is 16.5. The minimum Gasteiger partial charge on any atom is -0.382 e. The predicted molar refractivity (Wildman–Crippen MR) is 133 cm³/mol. The van der Waals surface area contributed by atoms with Crippen LogP contribution >= 0.6 is 0 Å². The zero-order valence-electron chi connectivity index (χ0n) is 18.7. The number of hydrogen-bond donors (Lipinski definition) is 1. The summed E-state index contributed by atoms with van der Waals surface area (Å²) < 4.78 is 5.49. The van der Waals surface area contributed by atoms with E-state index < -0.39 is 0 Å². The summed E-state index contributed by atoms with van der Waals surface area (Å²) >= 11 is 0. The number of nitriles is 1. The molecule has 0 bridgehead atoms. The number of benzene rings is 3. The highest BCUT2D eigenvalue weighted by molar-refractivity contribution is 5.90. The summed E-state index contributed by atoms with van der Waals surface area (Å²) in [4.78, 5) is 6.93. The Kier molecular flexibility index (Phi) is 5.68. The number of nitrogen functional groups attached to an aromatic ring is 1. The van der Waals surface area contributed by atoms with Crippen molar-refractivity contribution in [2.75, 3.05) is 36.9 Å². The van der Waals surface area contributed by atoms with Crippen molar-refractivity contribution >= 4 is 22.4 Å². The van der Waals surface area contributed by atoms with Crippen molar-refractivity contribution < 1.29 is 4.74 Å². The van der Waals surface area contributed by atoms with E-state index in [0.717, 1.165) is 47.2 Å². The molecule has 164 valence electrons. The lowest BCUT2D eigenvalue weighted by Crippen LogP contribution is -2.36. The van der Waals surface area contributed by atoms with Gasteiger partial charge in [-0.3, -0.25) is 0 Å². The van der Waals surface area contributed by atoms with Gasteiger partial charge in [0.1, 0.15) is 5.82 Å². The van der Waals surface area contributed by atoms with Gasteiger partial charge in [0.05, 0.1) is 36.1 Å². The number of hydrogen-bond acceptors (Lipinski definition) is 5. The second kappa shape index (κ2) is 8.93.